The van der Waals surface area contributed by atoms with Crippen LogP contribution in [0.4, 0.5) is 15.7 Å². The minimum absolute atomic E-state index is 0.322. The Morgan fingerprint density at radius 3 is 2.06 bits per heavy atom. The summed E-state index contributed by atoms with van der Waals surface area (Å²) in [6, 6.07) is 29.6. The fraction of sp³-hybridized carbons (Fsp3) is 0.143. The van der Waals surface area contributed by atoms with Crippen LogP contribution in [0, 0.1) is 22.7 Å². The highest BCUT2D eigenvalue weighted by Gasteiger charge is 2.26. The number of benzene rings is 3. The lowest BCUT2D eigenvalue weighted by Crippen LogP contribution is -2.35. The zero-order chi connectivity index (χ0) is 24.0. The molecule has 4 aromatic rings. The number of nitrogens with zero attached hydrogens (tertiary/aromatic N) is 5. The van der Waals surface area contributed by atoms with Gasteiger partial charge in [-0.3, -0.25) is 0 Å². The van der Waals surface area contributed by atoms with Crippen LogP contribution >= 0.6 is 11.3 Å². The summed E-state index contributed by atoms with van der Waals surface area (Å²) in [7, 11) is 0. The number of hydrogen-bond acceptors (Lipinski definition) is 7. The molecule has 0 saturated carbocycles. The Morgan fingerprint density at radius 1 is 0.771 bits per heavy atom. The third kappa shape index (κ3) is 4.69. The first-order valence-corrected chi connectivity index (χ1v) is 12.1. The molecule has 170 valence electrons. The Morgan fingerprint density at radius 2 is 1.43 bits per heavy atom. The maximum atomic E-state index is 9.56. The standard InChI is InChI=1S/C28H21N5OS/c29-18-20-11-12-24(23(17-20)19-30)31-32-27-25(21-7-3-1-4-8-21)26(22-9-5-2-6-10-22)28(35-27)33-13-15-34-16-14-33/h1-12,17H,13-16H2. The van der Waals surface area contributed by atoms with E-state index in [1.54, 1.807) is 23.5 Å². The van der Waals surface area contributed by atoms with Crippen molar-refractivity contribution in [2.24, 2.45) is 10.2 Å². The summed E-state index contributed by atoms with van der Waals surface area (Å²) in [6.45, 7) is 2.97. The van der Waals surface area contributed by atoms with E-state index >= 15 is 0 Å². The second-order valence-corrected chi connectivity index (χ2v) is 8.93. The fourth-order valence-electron chi connectivity index (χ4n) is 4.09. The number of nitriles is 2. The van der Waals surface area contributed by atoms with E-state index < -0.39 is 0 Å². The van der Waals surface area contributed by atoms with Crippen molar-refractivity contribution in [3.8, 4) is 34.4 Å². The van der Waals surface area contributed by atoms with Crippen molar-refractivity contribution in [1.29, 1.82) is 10.5 Å². The van der Waals surface area contributed by atoms with Gasteiger partial charge in [0.1, 0.15) is 21.8 Å². The molecule has 1 saturated heterocycles. The number of rotatable bonds is 5. The van der Waals surface area contributed by atoms with Gasteiger partial charge >= 0.3 is 0 Å². The Hall–Kier alpha value is -4.30. The van der Waals surface area contributed by atoms with E-state index in [0.717, 1.165) is 45.3 Å². The average Bonchev–Trinajstić information content (AvgIpc) is 3.32. The maximum absolute atomic E-state index is 9.56. The lowest BCUT2D eigenvalue weighted by Gasteiger charge is -2.28. The van der Waals surface area contributed by atoms with Gasteiger partial charge in [-0.05, 0) is 29.3 Å². The van der Waals surface area contributed by atoms with Crippen molar-refractivity contribution in [3.05, 3.63) is 90.0 Å². The SMILES string of the molecule is N#Cc1ccc(N=Nc2sc(N3CCOCC3)c(-c3ccccc3)c2-c2ccccc2)c(C#N)c1. The molecule has 0 atom stereocenters. The Kier molecular flexibility index (Phi) is 6.63. The van der Waals surface area contributed by atoms with Crippen LogP contribution in [0.5, 0.6) is 0 Å². The van der Waals surface area contributed by atoms with E-state index in [2.05, 4.69) is 51.5 Å². The van der Waals surface area contributed by atoms with Crippen LogP contribution in [0.1, 0.15) is 11.1 Å². The van der Waals surface area contributed by atoms with Crippen molar-refractivity contribution in [2.75, 3.05) is 31.2 Å². The minimum Gasteiger partial charge on any atom is -0.378 e. The van der Waals surface area contributed by atoms with E-state index in [9.17, 15) is 5.26 Å². The number of azo groups is 1. The molecule has 2 heterocycles. The highest BCUT2D eigenvalue weighted by atomic mass is 32.1. The smallest absolute Gasteiger partial charge is 0.149 e. The van der Waals surface area contributed by atoms with Crippen LogP contribution in [-0.4, -0.2) is 26.3 Å². The molecular weight excluding hydrogens is 454 g/mol. The zero-order valence-corrected chi connectivity index (χ0v) is 19.7. The van der Waals surface area contributed by atoms with Gasteiger partial charge in [-0.2, -0.15) is 10.5 Å². The maximum Gasteiger partial charge on any atom is 0.149 e. The number of morpholine rings is 1. The van der Waals surface area contributed by atoms with Gasteiger partial charge in [-0.25, -0.2) is 0 Å². The summed E-state index contributed by atoms with van der Waals surface area (Å²) in [4.78, 5) is 2.35. The van der Waals surface area contributed by atoms with Gasteiger partial charge in [-0.1, -0.05) is 72.0 Å². The van der Waals surface area contributed by atoms with Crippen molar-refractivity contribution in [3.63, 3.8) is 0 Å². The molecule has 5 rings (SSSR count). The molecule has 0 amide bonds. The van der Waals surface area contributed by atoms with E-state index in [4.69, 9.17) is 10.00 Å². The predicted octanol–water partition coefficient (Wildman–Crippen LogP) is 7.08. The van der Waals surface area contributed by atoms with Crippen molar-refractivity contribution < 1.29 is 4.74 Å². The van der Waals surface area contributed by atoms with Gasteiger partial charge < -0.3 is 9.64 Å². The van der Waals surface area contributed by atoms with Gasteiger partial charge in [0, 0.05) is 24.2 Å². The van der Waals surface area contributed by atoms with E-state index in [-0.39, 0.29) is 0 Å². The van der Waals surface area contributed by atoms with Crippen LogP contribution < -0.4 is 4.90 Å². The third-order valence-electron chi connectivity index (χ3n) is 5.79. The topological polar surface area (TPSA) is 84.8 Å². The summed E-state index contributed by atoms with van der Waals surface area (Å²) < 4.78 is 5.61. The molecule has 0 aliphatic carbocycles. The summed E-state index contributed by atoms with van der Waals surface area (Å²) in [5, 5.41) is 29.8. The Bertz CT molecular complexity index is 1440. The predicted molar refractivity (Wildman–Crippen MR) is 138 cm³/mol. The second-order valence-electron chi connectivity index (χ2n) is 7.95. The summed E-state index contributed by atoms with van der Waals surface area (Å²) >= 11 is 1.60. The number of thiophene rings is 1. The molecule has 35 heavy (non-hydrogen) atoms. The molecule has 1 aliphatic rings. The van der Waals surface area contributed by atoms with Crippen LogP contribution in [0.15, 0.2) is 89.1 Å². The molecule has 0 radical (unpaired) electrons. The summed E-state index contributed by atoms with van der Waals surface area (Å²) in [6.07, 6.45) is 0. The molecule has 1 fully saturated rings. The highest BCUT2D eigenvalue weighted by Crippen LogP contribution is 2.52. The lowest BCUT2D eigenvalue weighted by atomic mass is 9.97. The molecule has 0 spiro atoms. The molecule has 7 heteroatoms. The molecule has 1 aromatic heterocycles. The molecular formula is C28H21N5OS. The van der Waals surface area contributed by atoms with Crippen LogP contribution in [0.2, 0.25) is 0 Å². The Labute approximate surface area is 208 Å². The number of ether oxygens (including phenoxy) is 1. The van der Waals surface area contributed by atoms with Gasteiger partial charge in [-0.15, -0.1) is 10.2 Å². The number of anilines is 1. The Balaban J connectivity index is 1.70. The largest absolute Gasteiger partial charge is 0.378 e. The van der Waals surface area contributed by atoms with E-state index in [1.807, 2.05) is 36.4 Å². The molecule has 0 bridgehead atoms. The lowest BCUT2D eigenvalue weighted by molar-refractivity contribution is 0.123. The van der Waals surface area contributed by atoms with Crippen LogP contribution in [0.3, 0.4) is 0 Å². The fourth-order valence-corrected chi connectivity index (χ4v) is 5.31. The molecule has 0 unspecified atom stereocenters. The first kappa shape index (κ1) is 22.5. The molecule has 3 aromatic carbocycles. The first-order valence-electron chi connectivity index (χ1n) is 11.2. The monoisotopic (exact) mass is 475 g/mol. The average molecular weight is 476 g/mol. The first-order chi connectivity index (χ1) is 17.3. The van der Waals surface area contributed by atoms with Crippen molar-refractivity contribution in [2.45, 2.75) is 0 Å². The molecule has 6 nitrogen and oxygen atoms in total. The summed E-state index contributed by atoms with van der Waals surface area (Å²) in [5.41, 5.74) is 5.48. The van der Waals surface area contributed by atoms with Gasteiger partial charge in [0.05, 0.1) is 30.4 Å². The molecule has 0 N–H and O–H groups in total. The third-order valence-corrected chi connectivity index (χ3v) is 6.92. The summed E-state index contributed by atoms with van der Waals surface area (Å²) in [5.74, 6) is 0. The van der Waals surface area contributed by atoms with Crippen LogP contribution in [-0.2, 0) is 4.74 Å². The normalized spacial score (nSPS) is 13.5. The minimum atomic E-state index is 0.322. The second kappa shape index (κ2) is 10.3. The van der Waals surface area contributed by atoms with E-state index in [1.165, 1.54) is 6.07 Å². The zero-order valence-electron chi connectivity index (χ0n) is 18.9. The van der Waals surface area contributed by atoms with Crippen molar-refractivity contribution >= 4 is 27.0 Å². The van der Waals surface area contributed by atoms with Crippen LogP contribution in [0.25, 0.3) is 22.3 Å². The van der Waals surface area contributed by atoms with E-state index in [0.29, 0.717) is 30.0 Å². The van der Waals surface area contributed by atoms with Crippen molar-refractivity contribution in [1.82, 2.24) is 0 Å². The highest BCUT2D eigenvalue weighted by molar-refractivity contribution is 7.21. The van der Waals surface area contributed by atoms with Gasteiger partial charge in [0.15, 0.2) is 0 Å². The number of hydrogen-bond donors (Lipinski definition) is 0. The quantitative estimate of drug-likeness (QED) is 0.289. The van der Waals surface area contributed by atoms with Gasteiger partial charge in [0.25, 0.3) is 0 Å². The van der Waals surface area contributed by atoms with Gasteiger partial charge in [0.2, 0.25) is 0 Å². The molecule has 1 aliphatic heterocycles.